The minimum atomic E-state index is 0.125. The Morgan fingerprint density at radius 3 is 2.80 bits per heavy atom. The predicted octanol–water partition coefficient (Wildman–Crippen LogP) is 2.73. The maximum absolute atomic E-state index is 11.5. The summed E-state index contributed by atoms with van der Waals surface area (Å²) in [6.45, 7) is 0. The fourth-order valence-electron chi connectivity index (χ4n) is 2.49. The van der Waals surface area contributed by atoms with Gasteiger partial charge in [0.25, 0.3) is 0 Å². The van der Waals surface area contributed by atoms with Gasteiger partial charge in [-0.25, -0.2) is 0 Å². The number of benzene rings is 1. The molecule has 1 aromatic carbocycles. The summed E-state index contributed by atoms with van der Waals surface area (Å²) in [6.07, 6.45) is 1.68. The zero-order chi connectivity index (χ0) is 10.6. The number of hydrogen-bond donors (Lipinski definition) is 1. The molecule has 3 rings (SSSR count). The van der Waals surface area contributed by atoms with E-state index in [9.17, 15) is 4.79 Å². The molecule has 0 aromatic heterocycles. The van der Waals surface area contributed by atoms with Crippen LogP contribution < -0.4 is 5.32 Å². The third kappa shape index (κ3) is 1.35. The minimum absolute atomic E-state index is 0.125. The topological polar surface area (TPSA) is 29.1 Å². The highest BCUT2D eigenvalue weighted by atomic mass is 35.5. The van der Waals surface area contributed by atoms with E-state index < -0.39 is 0 Å². The molecule has 0 spiro atoms. The van der Waals surface area contributed by atoms with Gasteiger partial charge in [0.15, 0.2) is 0 Å². The Morgan fingerprint density at radius 1 is 1.27 bits per heavy atom. The molecule has 1 aliphatic carbocycles. The monoisotopic (exact) mass is 241 g/mol. The van der Waals surface area contributed by atoms with E-state index in [0.29, 0.717) is 10.0 Å². The summed E-state index contributed by atoms with van der Waals surface area (Å²) in [5, 5.41) is 4.12. The summed E-state index contributed by atoms with van der Waals surface area (Å²) in [6, 6.07) is 3.91. The molecule has 1 aliphatic heterocycles. The van der Waals surface area contributed by atoms with Crippen LogP contribution in [0.5, 0.6) is 0 Å². The normalized spacial score (nSPS) is 27.5. The van der Waals surface area contributed by atoms with Crippen molar-refractivity contribution in [1.29, 1.82) is 0 Å². The van der Waals surface area contributed by atoms with Crippen molar-refractivity contribution in [3.63, 3.8) is 0 Å². The lowest BCUT2D eigenvalue weighted by Crippen LogP contribution is -2.19. The smallest absolute Gasteiger partial charge is 0.224 e. The molecule has 4 heteroatoms. The summed E-state index contributed by atoms with van der Waals surface area (Å²) < 4.78 is 0. The van der Waals surface area contributed by atoms with Gasteiger partial charge in [0.1, 0.15) is 0 Å². The van der Waals surface area contributed by atoms with E-state index in [1.165, 1.54) is 0 Å². The number of rotatable bonds is 0. The molecule has 1 fully saturated rings. The highest BCUT2D eigenvalue weighted by molar-refractivity contribution is 6.42. The Bertz CT molecular complexity index is 458. The number of fused-ring (bicyclic) bond motifs is 4. The quantitative estimate of drug-likeness (QED) is 0.744. The van der Waals surface area contributed by atoms with Gasteiger partial charge in [-0.3, -0.25) is 4.79 Å². The SMILES string of the molecule is O=C1NC2CC1Cc1cc(Cl)c(Cl)cc12. The summed E-state index contributed by atoms with van der Waals surface area (Å²) in [5.41, 5.74) is 2.29. The van der Waals surface area contributed by atoms with Crippen molar-refractivity contribution >= 4 is 29.1 Å². The molecular weight excluding hydrogens is 233 g/mol. The summed E-state index contributed by atoms with van der Waals surface area (Å²) in [5.74, 6) is 0.281. The van der Waals surface area contributed by atoms with Crippen LogP contribution in [0.1, 0.15) is 23.6 Å². The average Bonchev–Trinajstić information content (AvgIpc) is 2.48. The first-order valence-electron chi connectivity index (χ1n) is 4.93. The molecule has 0 saturated carbocycles. The lowest BCUT2D eigenvalue weighted by molar-refractivity contribution is -0.122. The highest BCUT2D eigenvalue weighted by Crippen LogP contribution is 2.41. The van der Waals surface area contributed by atoms with Crippen LogP contribution in [0.15, 0.2) is 12.1 Å². The van der Waals surface area contributed by atoms with Crippen LogP contribution in [0, 0.1) is 5.92 Å². The van der Waals surface area contributed by atoms with Crippen LogP contribution >= 0.6 is 23.2 Å². The van der Waals surface area contributed by atoms with Crippen LogP contribution in [0.4, 0.5) is 0 Å². The van der Waals surface area contributed by atoms with E-state index >= 15 is 0 Å². The van der Waals surface area contributed by atoms with Crippen molar-refractivity contribution in [3.8, 4) is 0 Å². The van der Waals surface area contributed by atoms with Crippen LogP contribution in [-0.2, 0) is 11.2 Å². The van der Waals surface area contributed by atoms with Gasteiger partial charge in [-0.15, -0.1) is 0 Å². The van der Waals surface area contributed by atoms with Gasteiger partial charge in [-0.2, -0.15) is 0 Å². The van der Waals surface area contributed by atoms with Gasteiger partial charge < -0.3 is 5.32 Å². The lowest BCUT2D eigenvalue weighted by atomic mass is 9.84. The first-order chi connectivity index (χ1) is 7.15. The Balaban J connectivity index is 2.14. The lowest BCUT2D eigenvalue weighted by Gasteiger charge is -2.21. The number of halogens is 2. The Morgan fingerprint density at radius 2 is 2.00 bits per heavy atom. The largest absolute Gasteiger partial charge is 0.349 e. The summed E-state index contributed by atoms with van der Waals surface area (Å²) in [7, 11) is 0. The molecule has 1 N–H and O–H groups in total. The molecule has 2 aliphatic rings. The fraction of sp³-hybridized carbons (Fsp3) is 0.364. The van der Waals surface area contributed by atoms with E-state index in [1.54, 1.807) is 0 Å². The highest BCUT2D eigenvalue weighted by Gasteiger charge is 2.38. The van der Waals surface area contributed by atoms with Crippen molar-refractivity contribution in [2.45, 2.75) is 18.9 Å². The molecule has 1 heterocycles. The molecule has 2 nitrogen and oxygen atoms in total. The second kappa shape index (κ2) is 3.13. The Labute approximate surface area is 97.6 Å². The Hall–Kier alpha value is -0.730. The van der Waals surface area contributed by atoms with Crippen LogP contribution in [-0.4, -0.2) is 5.91 Å². The summed E-state index contributed by atoms with van der Waals surface area (Å²) in [4.78, 5) is 11.5. The zero-order valence-corrected chi connectivity index (χ0v) is 9.40. The van der Waals surface area contributed by atoms with Gasteiger partial charge in [0.05, 0.1) is 16.1 Å². The predicted molar refractivity (Wildman–Crippen MR) is 59.2 cm³/mol. The van der Waals surface area contributed by atoms with E-state index in [0.717, 1.165) is 24.0 Å². The first-order valence-corrected chi connectivity index (χ1v) is 5.69. The van der Waals surface area contributed by atoms with Crippen LogP contribution in [0.3, 0.4) is 0 Å². The maximum atomic E-state index is 11.5. The minimum Gasteiger partial charge on any atom is -0.349 e. The molecule has 2 unspecified atom stereocenters. The van der Waals surface area contributed by atoms with Gasteiger partial charge in [-0.1, -0.05) is 23.2 Å². The molecular formula is C11H9Cl2NO. The molecule has 1 saturated heterocycles. The molecule has 1 amide bonds. The third-order valence-corrected chi connectivity index (χ3v) is 3.95. The van der Waals surface area contributed by atoms with Crippen LogP contribution in [0.25, 0.3) is 0 Å². The average molecular weight is 242 g/mol. The molecule has 0 radical (unpaired) electrons. The van der Waals surface area contributed by atoms with E-state index in [1.807, 2.05) is 12.1 Å². The molecule has 15 heavy (non-hydrogen) atoms. The Kier molecular flexibility index (Phi) is 1.98. The number of nitrogens with one attached hydrogen (secondary N) is 1. The van der Waals surface area contributed by atoms with Gasteiger partial charge in [0.2, 0.25) is 5.91 Å². The van der Waals surface area contributed by atoms with Crippen molar-refractivity contribution in [1.82, 2.24) is 5.32 Å². The van der Waals surface area contributed by atoms with Crippen molar-refractivity contribution in [3.05, 3.63) is 33.3 Å². The molecule has 2 bridgehead atoms. The number of amides is 1. The first kappa shape index (κ1) is 9.49. The van der Waals surface area contributed by atoms with E-state index in [-0.39, 0.29) is 17.9 Å². The standard InChI is InChI=1S/C11H9Cl2NO/c12-8-2-5-1-6-3-10(14-11(6)15)7(5)4-9(8)13/h2,4,6,10H,1,3H2,(H,14,15). The third-order valence-electron chi connectivity index (χ3n) is 3.23. The molecule has 78 valence electrons. The van der Waals surface area contributed by atoms with Crippen LogP contribution in [0.2, 0.25) is 10.0 Å². The van der Waals surface area contributed by atoms with Gasteiger partial charge >= 0.3 is 0 Å². The van der Waals surface area contributed by atoms with Gasteiger partial charge in [0, 0.05) is 5.92 Å². The van der Waals surface area contributed by atoms with E-state index in [4.69, 9.17) is 23.2 Å². The second-order valence-electron chi connectivity index (χ2n) is 4.16. The number of carbonyl (C=O) groups excluding carboxylic acids is 1. The second-order valence-corrected chi connectivity index (χ2v) is 4.98. The molecule has 1 aromatic rings. The zero-order valence-electron chi connectivity index (χ0n) is 7.89. The number of hydrogen-bond acceptors (Lipinski definition) is 1. The number of carbonyl (C=O) groups is 1. The van der Waals surface area contributed by atoms with E-state index in [2.05, 4.69) is 5.32 Å². The maximum Gasteiger partial charge on any atom is 0.224 e. The van der Waals surface area contributed by atoms with Crippen molar-refractivity contribution in [2.24, 2.45) is 5.92 Å². The van der Waals surface area contributed by atoms with Crippen molar-refractivity contribution < 1.29 is 4.79 Å². The molecule has 2 atom stereocenters. The summed E-state index contributed by atoms with van der Waals surface area (Å²) >= 11 is 11.9. The van der Waals surface area contributed by atoms with Gasteiger partial charge in [-0.05, 0) is 36.1 Å². The fourth-order valence-corrected chi connectivity index (χ4v) is 2.85. The van der Waals surface area contributed by atoms with Crippen molar-refractivity contribution in [2.75, 3.05) is 0 Å².